The van der Waals surface area contributed by atoms with Crippen LogP contribution in [0, 0.1) is 0 Å². The van der Waals surface area contributed by atoms with E-state index >= 15 is 0 Å². The zero-order valence-electron chi connectivity index (χ0n) is 36.4. The fourth-order valence-corrected chi connectivity index (χ4v) is 9.58. The van der Waals surface area contributed by atoms with Crippen molar-refractivity contribution in [3.63, 3.8) is 0 Å². The molecule has 0 radical (unpaired) electrons. The maximum Gasteiger partial charge on any atom is 0.412 e. The van der Waals surface area contributed by atoms with E-state index in [1.165, 1.54) is 0 Å². The van der Waals surface area contributed by atoms with Gasteiger partial charge in [-0.15, -0.1) is 0 Å². The molecule has 1 fully saturated rings. The number of benzene rings is 6. The van der Waals surface area contributed by atoms with Crippen LogP contribution in [0.2, 0.25) is 0 Å². The van der Waals surface area contributed by atoms with Gasteiger partial charge in [-0.2, -0.15) is 0 Å². The van der Waals surface area contributed by atoms with Crippen molar-refractivity contribution in [1.82, 2.24) is 13.7 Å². The number of rotatable bonds is 10. The van der Waals surface area contributed by atoms with Crippen molar-refractivity contribution < 1.29 is 43.5 Å². The third-order valence-corrected chi connectivity index (χ3v) is 12.5. The first-order valence-electron chi connectivity index (χ1n) is 22.1. The first kappa shape index (κ1) is 42.4. The molecule has 0 saturated carbocycles. The molecule has 0 unspecified atom stereocenters. The highest BCUT2D eigenvalue weighted by atomic mass is 16.7. The molecule has 10 rings (SSSR count). The summed E-state index contributed by atoms with van der Waals surface area (Å²) in [5, 5.41) is 37.1. The summed E-state index contributed by atoms with van der Waals surface area (Å²) >= 11 is 0. The standard InChI is InChI=1S/C51H48N6O9/c1-4-55-38-16-10-7-13-32(38)35-25-29(19-22-41(35)55)52-49(60)63-28-44-45(58)46(65-50(61)53-30-20-23-42-36(26-30)33-14-8-11-17-39(33)56(42)5-2)47(48(59)64-44)66-51(62)54-31-21-24-43-37(27-31)34-15-9-12-18-40(34)57(43)6-3/h7-27,44-48,58-59H,4-6,28H2,1-3H3,(H,52,60)(H,53,61)(H,54,62)/t44-,45-,46+,47-,48-/m1/s1. The van der Waals surface area contributed by atoms with Crippen molar-refractivity contribution in [2.75, 3.05) is 22.6 Å². The number of aromatic nitrogens is 3. The molecule has 15 nitrogen and oxygen atoms in total. The van der Waals surface area contributed by atoms with Crippen LogP contribution in [0.5, 0.6) is 0 Å². The fourth-order valence-electron chi connectivity index (χ4n) is 9.58. The van der Waals surface area contributed by atoms with Gasteiger partial charge < -0.3 is 42.9 Å². The molecule has 15 heteroatoms. The highest BCUT2D eigenvalue weighted by molar-refractivity contribution is 6.11. The molecular formula is C51H48N6O9. The summed E-state index contributed by atoms with van der Waals surface area (Å²) in [4.78, 5) is 40.5. The second-order valence-corrected chi connectivity index (χ2v) is 16.2. The van der Waals surface area contributed by atoms with E-state index in [1.54, 1.807) is 18.2 Å². The number of aliphatic hydroxyl groups is 2. The number of para-hydroxylation sites is 3. The van der Waals surface area contributed by atoms with E-state index in [1.807, 2.05) is 109 Å². The molecule has 6 aromatic carbocycles. The maximum absolute atomic E-state index is 13.7. The number of anilines is 3. The maximum atomic E-state index is 13.7. The third-order valence-electron chi connectivity index (χ3n) is 12.5. The smallest absolute Gasteiger partial charge is 0.412 e. The van der Waals surface area contributed by atoms with Gasteiger partial charge >= 0.3 is 18.3 Å². The Morgan fingerprint density at radius 3 is 1.27 bits per heavy atom. The first-order chi connectivity index (χ1) is 32.1. The summed E-state index contributed by atoms with van der Waals surface area (Å²) in [5.41, 5.74) is 7.41. The molecule has 1 aliphatic heterocycles. The van der Waals surface area contributed by atoms with Gasteiger partial charge in [0.1, 0.15) is 18.8 Å². The Morgan fingerprint density at radius 1 is 0.500 bits per heavy atom. The number of fused-ring (bicyclic) bond motifs is 9. The summed E-state index contributed by atoms with van der Waals surface area (Å²) in [7, 11) is 0. The molecule has 0 bridgehead atoms. The van der Waals surface area contributed by atoms with Gasteiger partial charge in [0.2, 0.25) is 0 Å². The molecule has 336 valence electrons. The number of ether oxygens (including phenoxy) is 4. The minimum atomic E-state index is -1.92. The zero-order valence-corrected chi connectivity index (χ0v) is 36.4. The third kappa shape index (κ3) is 7.55. The van der Waals surface area contributed by atoms with Crippen LogP contribution in [-0.2, 0) is 38.6 Å². The quantitative estimate of drug-likeness (QED) is 0.0836. The Bertz CT molecular complexity index is 3340. The molecule has 4 heterocycles. The number of hydrogen-bond acceptors (Lipinski definition) is 9. The average molecular weight is 889 g/mol. The molecular weight excluding hydrogens is 841 g/mol. The number of amides is 3. The number of hydrogen-bond donors (Lipinski definition) is 5. The van der Waals surface area contributed by atoms with E-state index in [9.17, 15) is 24.6 Å². The van der Waals surface area contributed by atoms with Gasteiger partial charge in [0.15, 0.2) is 18.5 Å². The van der Waals surface area contributed by atoms with Crippen LogP contribution < -0.4 is 16.0 Å². The summed E-state index contributed by atoms with van der Waals surface area (Å²) in [6, 6.07) is 40.4. The predicted octanol–water partition coefficient (Wildman–Crippen LogP) is 9.93. The zero-order chi connectivity index (χ0) is 45.6. The Labute approximate surface area is 378 Å². The molecule has 1 saturated heterocycles. The van der Waals surface area contributed by atoms with Gasteiger partial charge in [0.05, 0.1) is 0 Å². The largest absolute Gasteiger partial charge is 0.446 e. The minimum Gasteiger partial charge on any atom is -0.446 e. The molecule has 9 aromatic rings. The SMILES string of the molecule is CCn1c2ccccc2c2cc(NC(=O)OC[C@H]3O[C@@H](O)[C@H](OC(=O)Nc4ccc5c(c4)c4ccccc4n5CC)[C@@H](OC(=O)Nc4ccc5c(c4)c4ccccc4n5CC)[C@@H]3O)ccc21. The van der Waals surface area contributed by atoms with Crippen LogP contribution in [-0.4, -0.2) is 79.5 Å². The van der Waals surface area contributed by atoms with E-state index < -0.39 is 55.6 Å². The number of aryl methyl sites for hydroxylation is 3. The lowest BCUT2D eigenvalue weighted by Crippen LogP contribution is -2.61. The van der Waals surface area contributed by atoms with Gasteiger partial charge in [-0.05, 0) is 93.6 Å². The number of aliphatic hydroxyl groups excluding tert-OH is 2. The van der Waals surface area contributed by atoms with Crippen LogP contribution in [0.25, 0.3) is 65.4 Å². The number of nitrogens with one attached hydrogen (secondary N) is 3. The van der Waals surface area contributed by atoms with Crippen molar-refractivity contribution in [1.29, 1.82) is 0 Å². The van der Waals surface area contributed by atoms with Crippen molar-refractivity contribution in [3.8, 4) is 0 Å². The molecule has 3 aromatic heterocycles. The summed E-state index contributed by atoms with van der Waals surface area (Å²) in [6.45, 7) is 7.87. The van der Waals surface area contributed by atoms with E-state index in [-0.39, 0.29) is 0 Å². The van der Waals surface area contributed by atoms with Crippen molar-refractivity contribution >= 4 is 101 Å². The van der Waals surface area contributed by atoms with E-state index in [0.717, 1.165) is 85.1 Å². The van der Waals surface area contributed by atoms with Gasteiger partial charge in [-0.25, -0.2) is 14.4 Å². The molecule has 66 heavy (non-hydrogen) atoms. The Balaban J connectivity index is 0.875. The summed E-state index contributed by atoms with van der Waals surface area (Å²) < 4.78 is 29.3. The van der Waals surface area contributed by atoms with Crippen molar-refractivity contribution in [2.24, 2.45) is 0 Å². The summed E-state index contributed by atoms with van der Waals surface area (Å²) in [6.07, 6.45) is -11.4. The molecule has 3 amide bonds. The van der Waals surface area contributed by atoms with Crippen LogP contribution in [0.4, 0.5) is 31.4 Å². The summed E-state index contributed by atoms with van der Waals surface area (Å²) in [5.74, 6) is 0. The monoisotopic (exact) mass is 888 g/mol. The van der Waals surface area contributed by atoms with E-state index in [2.05, 4.69) is 50.4 Å². The lowest BCUT2D eigenvalue weighted by molar-refractivity contribution is -0.283. The van der Waals surface area contributed by atoms with Crippen molar-refractivity contribution in [2.45, 2.75) is 71.1 Å². The van der Waals surface area contributed by atoms with Crippen molar-refractivity contribution in [3.05, 3.63) is 127 Å². The van der Waals surface area contributed by atoms with E-state index in [0.29, 0.717) is 17.1 Å². The van der Waals surface area contributed by atoms with Crippen LogP contribution in [0.3, 0.4) is 0 Å². The van der Waals surface area contributed by atoms with Crippen LogP contribution in [0.1, 0.15) is 20.8 Å². The van der Waals surface area contributed by atoms with E-state index in [4.69, 9.17) is 18.9 Å². The van der Waals surface area contributed by atoms with Crippen LogP contribution in [0.15, 0.2) is 127 Å². The second kappa shape index (κ2) is 17.4. The fraction of sp³-hybridized carbons (Fsp3) is 0.235. The predicted molar refractivity (Wildman–Crippen MR) is 255 cm³/mol. The Kier molecular flexibility index (Phi) is 11.2. The molecule has 5 N–H and O–H groups in total. The number of carbonyl (C=O) groups is 3. The lowest BCUT2D eigenvalue weighted by Gasteiger charge is -2.41. The molecule has 0 aliphatic carbocycles. The number of nitrogens with zero attached hydrogens (tertiary/aromatic N) is 3. The van der Waals surface area contributed by atoms with Gasteiger partial charge in [0.25, 0.3) is 0 Å². The normalized spacial score (nSPS) is 18.6. The topological polar surface area (TPSA) is 179 Å². The highest BCUT2D eigenvalue weighted by Crippen LogP contribution is 2.35. The second-order valence-electron chi connectivity index (χ2n) is 16.2. The van der Waals surface area contributed by atoms with Gasteiger partial charge in [-0.3, -0.25) is 16.0 Å². The highest BCUT2D eigenvalue weighted by Gasteiger charge is 2.50. The molecule has 1 aliphatic rings. The Morgan fingerprint density at radius 2 is 0.864 bits per heavy atom. The molecule has 0 spiro atoms. The first-order valence-corrected chi connectivity index (χ1v) is 22.1. The number of carbonyl (C=O) groups excluding carboxylic acids is 3. The Hall–Kier alpha value is -7.59. The molecule has 5 atom stereocenters. The minimum absolute atomic E-state index is 0.401. The van der Waals surface area contributed by atoms with Crippen LogP contribution >= 0.6 is 0 Å². The average Bonchev–Trinajstić information content (AvgIpc) is 3.94. The van der Waals surface area contributed by atoms with Gasteiger partial charge in [0, 0.05) is 102 Å². The van der Waals surface area contributed by atoms with Gasteiger partial charge in [-0.1, -0.05) is 54.6 Å². The lowest BCUT2D eigenvalue weighted by atomic mass is 9.99.